The van der Waals surface area contributed by atoms with Crippen molar-refractivity contribution in [1.29, 1.82) is 0 Å². The molecule has 282 valence electrons. The summed E-state index contributed by atoms with van der Waals surface area (Å²) < 4.78 is 60.1. The number of hydrogen-bond donors (Lipinski definition) is 1. The minimum Gasteiger partial charge on any atom is -0.501 e. The second kappa shape index (κ2) is 15.5. The van der Waals surface area contributed by atoms with E-state index in [1.807, 2.05) is 22.8 Å². The molecule has 1 aromatic rings. The molecular formula is C39H54F3N3O6. The van der Waals surface area contributed by atoms with Gasteiger partial charge in [-0.05, 0) is 69.2 Å². The third kappa shape index (κ3) is 7.55. The molecule has 0 aromatic heterocycles. The van der Waals surface area contributed by atoms with Crippen LogP contribution in [0.1, 0.15) is 82.3 Å². The van der Waals surface area contributed by atoms with Gasteiger partial charge in [-0.3, -0.25) is 14.5 Å². The molecule has 51 heavy (non-hydrogen) atoms. The van der Waals surface area contributed by atoms with E-state index in [1.54, 1.807) is 20.3 Å². The SMILES string of the molecule is CCO[C@@]1(C(=O)N2C[C@H](c3ccc(C(F)(F)F)cc3N3CCC(C(=O)O)CC3)C[C@H]2COC)CN(C2CCCC2)C[C@H]1C1=CC=C(OC)C(C)C1. The molecule has 1 amide bonds. The summed E-state index contributed by atoms with van der Waals surface area (Å²) in [6.07, 6.45) is 6.18. The number of amides is 1. The Morgan fingerprint density at radius 2 is 1.76 bits per heavy atom. The molecule has 0 bridgehead atoms. The number of nitrogens with zero attached hydrogens (tertiary/aromatic N) is 3. The number of carbonyl (C=O) groups excluding carboxylic acids is 1. The van der Waals surface area contributed by atoms with Crippen LogP contribution in [-0.4, -0.2) is 105 Å². The third-order valence-electron chi connectivity index (χ3n) is 12.2. The maximum atomic E-state index is 15.3. The highest BCUT2D eigenvalue weighted by Gasteiger charge is 2.58. The number of hydrogen-bond acceptors (Lipinski definition) is 7. The molecule has 5 aliphatic rings. The molecule has 9 nitrogen and oxygen atoms in total. The number of halogens is 3. The minimum atomic E-state index is -4.53. The second-order valence-corrected chi connectivity index (χ2v) is 15.2. The van der Waals surface area contributed by atoms with E-state index in [4.69, 9.17) is 14.2 Å². The van der Waals surface area contributed by atoms with Gasteiger partial charge in [0.15, 0.2) is 5.60 Å². The molecule has 6 rings (SSSR count). The molecule has 1 aromatic carbocycles. The largest absolute Gasteiger partial charge is 0.501 e. The van der Waals surface area contributed by atoms with Crippen LogP contribution in [0.2, 0.25) is 0 Å². The van der Waals surface area contributed by atoms with Gasteiger partial charge in [0.2, 0.25) is 0 Å². The van der Waals surface area contributed by atoms with Crippen LogP contribution in [0.3, 0.4) is 0 Å². The van der Waals surface area contributed by atoms with Gasteiger partial charge in [-0.25, -0.2) is 0 Å². The lowest BCUT2D eigenvalue weighted by molar-refractivity contribution is -0.162. The van der Waals surface area contributed by atoms with Crippen LogP contribution in [0.4, 0.5) is 18.9 Å². The summed E-state index contributed by atoms with van der Waals surface area (Å²) in [5, 5.41) is 9.56. The van der Waals surface area contributed by atoms with Crippen molar-refractivity contribution in [3.05, 3.63) is 52.8 Å². The van der Waals surface area contributed by atoms with E-state index in [2.05, 4.69) is 17.9 Å². The first-order valence-electron chi connectivity index (χ1n) is 18.7. The van der Waals surface area contributed by atoms with Gasteiger partial charge < -0.3 is 29.1 Å². The van der Waals surface area contributed by atoms with Crippen molar-refractivity contribution >= 4 is 17.6 Å². The van der Waals surface area contributed by atoms with E-state index < -0.39 is 29.2 Å². The summed E-state index contributed by atoms with van der Waals surface area (Å²) in [6.45, 7) is 6.98. The number of alkyl halides is 3. The van der Waals surface area contributed by atoms with E-state index in [0.717, 1.165) is 43.2 Å². The zero-order valence-electron chi connectivity index (χ0n) is 30.4. The Kier molecular flexibility index (Phi) is 11.4. The standard InChI is InChI=1S/C39H54F3N3O6/c1-5-51-38(24-44(30-8-6-7-9-30)22-33(38)27-10-13-35(50-4)25(2)18-27)37(48)45-21-28(19-31(45)23-49-3)32-12-11-29(39(40,41)42)20-34(32)43-16-14-26(15-17-43)36(46)47/h10-13,20,25-26,28,30-31,33H,5-9,14-19,21-24H2,1-4H3,(H,46,47)/t25?,28-,31+,33+,38+/m1/s1. The number of carboxylic acids is 1. The number of methoxy groups -OCH3 is 2. The van der Waals surface area contributed by atoms with Gasteiger partial charge in [0.05, 0.1) is 37.0 Å². The summed E-state index contributed by atoms with van der Waals surface area (Å²) in [5.74, 6) is -0.792. The maximum Gasteiger partial charge on any atom is 0.416 e. The minimum absolute atomic E-state index is 0.0785. The summed E-state index contributed by atoms with van der Waals surface area (Å²) in [6, 6.07) is 4.01. The van der Waals surface area contributed by atoms with Crippen LogP contribution in [0, 0.1) is 17.8 Å². The van der Waals surface area contributed by atoms with Crippen LogP contribution in [0.15, 0.2) is 41.7 Å². The molecule has 2 aliphatic carbocycles. The fraction of sp³-hybridized carbons (Fsp3) is 0.692. The summed E-state index contributed by atoms with van der Waals surface area (Å²) in [4.78, 5) is 33.3. The fourth-order valence-corrected chi connectivity index (χ4v) is 9.60. The smallest absolute Gasteiger partial charge is 0.416 e. The number of carbonyl (C=O) groups is 2. The molecule has 5 atom stereocenters. The van der Waals surface area contributed by atoms with Crippen molar-refractivity contribution in [3.63, 3.8) is 0 Å². The van der Waals surface area contributed by atoms with Gasteiger partial charge in [0.25, 0.3) is 5.91 Å². The fourth-order valence-electron chi connectivity index (χ4n) is 9.60. The van der Waals surface area contributed by atoms with Crippen LogP contribution >= 0.6 is 0 Å². The monoisotopic (exact) mass is 717 g/mol. The Labute approximate surface area is 299 Å². The number of likely N-dealkylation sites (tertiary alicyclic amines) is 2. The molecule has 1 N–H and O–H groups in total. The van der Waals surface area contributed by atoms with Crippen molar-refractivity contribution in [1.82, 2.24) is 9.80 Å². The molecule has 1 unspecified atom stereocenters. The van der Waals surface area contributed by atoms with Crippen molar-refractivity contribution < 1.29 is 42.1 Å². The first kappa shape index (κ1) is 37.7. The molecule has 3 saturated heterocycles. The van der Waals surface area contributed by atoms with Crippen LogP contribution < -0.4 is 4.90 Å². The molecule has 4 fully saturated rings. The zero-order chi connectivity index (χ0) is 36.5. The van der Waals surface area contributed by atoms with Crippen molar-refractivity contribution in [2.75, 3.05) is 65.1 Å². The summed E-state index contributed by atoms with van der Waals surface area (Å²) in [5.41, 5.74) is 0.536. The van der Waals surface area contributed by atoms with E-state index in [9.17, 15) is 23.1 Å². The number of benzene rings is 1. The molecular weight excluding hydrogens is 663 g/mol. The Morgan fingerprint density at radius 3 is 2.37 bits per heavy atom. The van der Waals surface area contributed by atoms with Crippen LogP contribution in [0.25, 0.3) is 0 Å². The van der Waals surface area contributed by atoms with E-state index >= 15 is 4.79 Å². The number of carboxylic acid groups (broad SMARTS) is 1. The van der Waals surface area contributed by atoms with Crippen molar-refractivity contribution in [3.8, 4) is 0 Å². The first-order valence-corrected chi connectivity index (χ1v) is 18.7. The predicted molar refractivity (Wildman–Crippen MR) is 187 cm³/mol. The maximum absolute atomic E-state index is 15.3. The molecule has 0 spiro atoms. The molecule has 12 heteroatoms. The highest BCUT2D eigenvalue weighted by Crippen LogP contribution is 2.47. The Hall–Kier alpha value is -3.09. The van der Waals surface area contributed by atoms with Gasteiger partial charge in [0, 0.05) is 75.9 Å². The molecule has 3 aliphatic heterocycles. The summed E-state index contributed by atoms with van der Waals surface area (Å²) >= 11 is 0. The topological polar surface area (TPSA) is 91.8 Å². The number of ether oxygens (including phenoxy) is 3. The van der Waals surface area contributed by atoms with E-state index in [-0.39, 0.29) is 29.7 Å². The van der Waals surface area contributed by atoms with Gasteiger partial charge in [-0.15, -0.1) is 0 Å². The third-order valence-corrected chi connectivity index (χ3v) is 12.2. The molecule has 3 heterocycles. The van der Waals surface area contributed by atoms with E-state index in [1.165, 1.54) is 24.5 Å². The molecule has 1 saturated carbocycles. The average molecular weight is 718 g/mol. The van der Waals surface area contributed by atoms with Gasteiger partial charge >= 0.3 is 12.1 Å². The van der Waals surface area contributed by atoms with Crippen LogP contribution in [0.5, 0.6) is 0 Å². The average Bonchev–Trinajstić information content (AvgIpc) is 3.88. The number of piperidine rings is 1. The zero-order valence-corrected chi connectivity index (χ0v) is 30.4. The van der Waals surface area contributed by atoms with Gasteiger partial charge in [-0.2, -0.15) is 13.2 Å². The highest BCUT2D eigenvalue weighted by atomic mass is 19.4. The number of rotatable bonds is 11. The lowest BCUT2D eigenvalue weighted by Crippen LogP contribution is -2.58. The summed E-state index contributed by atoms with van der Waals surface area (Å²) in [7, 11) is 3.30. The van der Waals surface area contributed by atoms with Gasteiger partial charge in [-0.1, -0.05) is 37.5 Å². The first-order chi connectivity index (χ1) is 24.4. The lowest BCUT2D eigenvalue weighted by Gasteiger charge is -2.40. The number of allylic oxidation sites excluding steroid dienone is 3. The Bertz CT molecular complexity index is 1480. The van der Waals surface area contributed by atoms with Gasteiger partial charge in [0.1, 0.15) is 0 Å². The molecule has 0 radical (unpaired) electrons. The van der Waals surface area contributed by atoms with Crippen molar-refractivity contribution in [2.24, 2.45) is 17.8 Å². The highest BCUT2D eigenvalue weighted by molar-refractivity contribution is 5.88. The Balaban J connectivity index is 1.35. The van der Waals surface area contributed by atoms with Crippen molar-refractivity contribution in [2.45, 2.75) is 95.0 Å². The number of aliphatic carboxylic acids is 1. The predicted octanol–water partition coefficient (Wildman–Crippen LogP) is 6.48. The number of anilines is 1. The Morgan fingerprint density at radius 1 is 1.04 bits per heavy atom. The van der Waals surface area contributed by atoms with Crippen LogP contribution in [-0.2, 0) is 30.0 Å². The van der Waals surface area contributed by atoms with E-state index in [0.29, 0.717) is 70.4 Å². The normalized spacial score (nSPS) is 29.8. The second-order valence-electron chi connectivity index (χ2n) is 15.2. The quantitative estimate of drug-likeness (QED) is 0.278. The lowest BCUT2D eigenvalue weighted by atomic mass is 9.77.